The van der Waals surface area contributed by atoms with E-state index >= 15 is 0 Å². The van der Waals surface area contributed by atoms with Crippen molar-refractivity contribution in [3.05, 3.63) is 52.9 Å². The smallest absolute Gasteiger partial charge is 0.410 e. The first kappa shape index (κ1) is 24.5. The van der Waals surface area contributed by atoms with Crippen molar-refractivity contribution in [2.24, 2.45) is 0 Å². The minimum Gasteiger partial charge on any atom is -0.444 e. The Bertz CT molecular complexity index is 1420. The Kier molecular flexibility index (Phi) is 6.57. The molecule has 0 bridgehead atoms. The van der Waals surface area contributed by atoms with Crippen LogP contribution in [-0.2, 0) is 16.0 Å². The lowest BCUT2D eigenvalue weighted by Crippen LogP contribution is -2.45. The normalized spacial score (nSPS) is 14.9. The van der Waals surface area contributed by atoms with Crippen LogP contribution in [0.5, 0.6) is 0 Å². The van der Waals surface area contributed by atoms with Crippen LogP contribution < -0.4 is 5.73 Å². The number of nitrogen functional groups attached to an aromatic ring is 1. The molecule has 5 rings (SSSR count). The lowest BCUT2D eigenvalue weighted by molar-refractivity contribution is -0.00845. The number of benzene rings is 1. The number of pyridine rings is 1. The average Bonchev–Trinajstić information content (AvgIpc) is 3.28. The Morgan fingerprint density at radius 1 is 1.25 bits per heavy atom. The monoisotopic (exact) mass is 552 g/mol. The van der Waals surface area contributed by atoms with Gasteiger partial charge in [0.15, 0.2) is 5.65 Å². The number of para-hydroxylation sites is 1. The molecule has 0 unspecified atom stereocenters. The predicted molar refractivity (Wildman–Crippen MR) is 141 cm³/mol. The van der Waals surface area contributed by atoms with Gasteiger partial charge in [-0.2, -0.15) is 9.61 Å². The third-order valence-electron chi connectivity index (χ3n) is 6.17. The quantitative estimate of drug-likeness (QED) is 0.370. The van der Waals surface area contributed by atoms with E-state index in [1.54, 1.807) is 15.6 Å². The van der Waals surface area contributed by atoms with E-state index in [1.807, 2.05) is 51.2 Å². The summed E-state index contributed by atoms with van der Waals surface area (Å²) in [5, 5.41) is 5.50. The van der Waals surface area contributed by atoms with Gasteiger partial charge in [0.25, 0.3) is 0 Å². The first-order valence-corrected chi connectivity index (χ1v) is 12.7. The minimum atomic E-state index is -0.615. The van der Waals surface area contributed by atoms with Gasteiger partial charge in [0.05, 0.1) is 28.4 Å². The molecule has 0 saturated carbocycles. The summed E-state index contributed by atoms with van der Waals surface area (Å²) in [5.74, 6) is 0.408. The second-order valence-corrected chi connectivity index (χ2v) is 10.7. The van der Waals surface area contributed by atoms with Crippen LogP contribution in [0.15, 0.2) is 47.2 Å². The van der Waals surface area contributed by atoms with E-state index in [9.17, 15) is 4.79 Å². The van der Waals surface area contributed by atoms with Gasteiger partial charge in [-0.15, -0.1) is 0 Å². The Hall–Kier alpha value is -3.24. The molecular weight excluding hydrogens is 524 g/mol. The minimum absolute atomic E-state index is 0.0196. The summed E-state index contributed by atoms with van der Waals surface area (Å²) >= 11 is 3.60. The van der Waals surface area contributed by atoms with Crippen molar-refractivity contribution in [2.75, 3.05) is 18.9 Å². The number of nitrogens with zero attached hydrogens (tertiary/aromatic N) is 5. The van der Waals surface area contributed by atoms with Gasteiger partial charge in [-0.05, 0) is 61.7 Å². The fourth-order valence-electron chi connectivity index (χ4n) is 4.39. The third kappa shape index (κ3) is 4.87. The number of hydrogen-bond donors (Lipinski definition) is 1. The van der Waals surface area contributed by atoms with Crippen molar-refractivity contribution in [2.45, 2.75) is 51.8 Å². The molecule has 10 heteroatoms. The maximum atomic E-state index is 13.2. The number of amides is 1. The highest BCUT2D eigenvalue weighted by Crippen LogP contribution is 2.32. The SMILES string of the molecule is CC(C)(C)OC(=O)N(Cc1nc2c(-c3cnc4ccccc4c3)cnn2c(N)c1Br)C1CCOCC1. The molecule has 2 N–H and O–H groups in total. The fraction of sp³-hybridized carbons (Fsp3) is 0.385. The van der Waals surface area contributed by atoms with Crippen LogP contribution in [0.2, 0.25) is 0 Å². The van der Waals surface area contributed by atoms with E-state index in [4.69, 9.17) is 20.2 Å². The molecule has 1 aliphatic heterocycles. The van der Waals surface area contributed by atoms with Crippen LogP contribution in [0, 0.1) is 0 Å². The molecule has 0 spiro atoms. The number of nitrogens with two attached hydrogens (primary N) is 1. The molecule has 1 fully saturated rings. The maximum Gasteiger partial charge on any atom is 0.410 e. The molecule has 1 aromatic carbocycles. The summed E-state index contributed by atoms with van der Waals surface area (Å²) in [5.41, 5.74) is 9.70. The Labute approximate surface area is 217 Å². The standard InChI is InChI=1S/C26H29BrN6O3/c1-26(2,3)36-25(34)32(18-8-10-35-11-9-18)15-21-22(27)23(28)33-24(31-21)19(14-30-33)17-12-16-6-4-5-7-20(16)29-13-17/h4-7,12-14,18H,8-11,15,28H2,1-3H3. The van der Waals surface area contributed by atoms with Crippen LogP contribution in [0.4, 0.5) is 10.6 Å². The van der Waals surface area contributed by atoms with Crippen molar-refractivity contribution >= 4 is 44.4 Å². The second kappa shape index (κ2) is 9.67. The molecule has 0 atom stereocenters. The molecule has 1 saturated heterocycles. The highest BCUT2D eigenvalue weighted by molar-refractivity contribution is 9.10. The number of halogens is 1. The van der Waals surface area contributed by atoms with E-state index in [-0.39, 0.29) is 18.7 Å². The fourth-order valence-corrected chi connectivity index (χ4v) is 4.77. The van der Waals surface area contributed by atoms with Crippen LogP contribution >= 0.6 is 15.9 Å². The van der Waals surface area contributed by atoms with Crippen LogP contribution in [0.3, 0.4) is 0 Å². The summed E-state index contributed by atoms with van der Waals surface area (Å²) in [7, 11) is 0. The molecule has 188 valence electrons. The zero-order valence-corrected chi connectivity index (χ0v) is 22.2. The van der Waals surface area contributed by atoms with Gasteiger partial charge >= 0.3 is 6.09 Å². The molecule has 36 heavy (non-hydrogen) atoms. The van der Waals surface area contributed by atoms with Crippen molar-refractivity contribution in [1.29, 1.82) is 0 Å². The van der Waals surface area contributed by atoms with Crippen molar-refractivity contribution in [3.63, 3.8) is 0 Å². The summed E-state index contributed by atoms with van der Waals surface area (Å²) in [6, 6.07) is 9.99. The van der Waals surface area contributed by atoms with Gasteiger partial charge in [-0.25, -0.2) is 9.78 Å². The first-order valence-electron chi connectivity index (χ1n) is 12.0. The van der Waals surface area contributed by atoms with E-state index in [0.29, 0.717) is 34.8 Å². The number of fused-ring (bicyclic) bond motifs is 2. The van der Waals surface area contributed by atoms with Crippen molar-refractivity contribution < 1.29 is 14.3 Å². The van der Waals surface area contributed by atoms with Gasteiger partial charge in [0.2, 0.25) is 0 Å². The van der Waals surface area contributed by atoms with Gasteiger partial charge in [-0.3, -0.25) is 9.88 Å². The molecule has 3 aromatic heterocycles. The number of hydrogen-bond acceptors (Lipinski definition) is 7. The molecule has 0 radical (unpaired) electrons. The summed E-state index contributed by atoms with van der Waals surface area (Å²) < 4.78 is 13.5. The number of carbonyl (C=O) groups excluding carboxylic acids is 1. The number of carbonyl (C=O) groups is 1. The Balaban J connectivity index is 1.56. The van der Waals surface area contributed by atoms with Crippen LogP contribution in [0.1, 0.15) is 39.3 Å². The molecule has 0 aliphatic carbocycles. The van der Waals surface area contributed by atoms with Crippen LogP contribution in [-0.4, -0.2) is 55.4 Å². The van der Waals surface area contributed by atoms with Crippen LogP contribution in [0.25, 0.3) is 27.7 Å². The van der Waals surface area contributed by atoms with E-state index in [1.165, 1.54) is 0 Å². The molecule has 4 aromatic rings. The van der Waals surface area contributed by atoms with Gasteiger partial charge in [-0.1, -0.05) is 18.2 Å². The third-order valence-corrected chi connectivity index (χ3v) is 7.04. The topological polar surface area (TPSA) is 108 Å². The zero-order chi connectivity index (χ0) is 25.4. The largest absolute Gasteiger partial charge is 0.444 e. The summed E-state index contributed by atoms with van der Waals surface area (Å²) in [6.07, 6.45) is 4.64. The predicted octanol–water partition coefficient (Wildman–Crippen LogP) is 5.21. The molecule has 1 aliphatic rings. The highest BCUT2D eigenvalue weighted by Gasteiger charge is 2.31. The lowest BCUT2D eigenvalue weighted by atomic mass is 10.1. The average molecular weight is 553 g/mol. The highest BCUT2D eigenvalue weighted by atomic mass is 79.9. The number of rotatable bonds is 4. The molecule has 1 amide bonds. The van der Waals surface area contributed by atoms with Crippen molar-refractivity contribution in [3.8, 4) is 11.1 Å². The first-order chi connectivity index (χ1) is 17.2. The molecule has 9 nitrogen and oxygen atoms in total. The van der Waals surface area contributed by atoms with Gasteiger partial charge < -0.3 is 15.2 Å². The summed E-state index contributed by atoms with van der Waals surface area (Å²) in [6.45, 7) is 7.02. The number of ether oxygens (including phenoxy) is 2. The Morgan fingerprint density at radius 3 is 2.75 bits per heavy atom. The van der Waals surface area contributed by atoms with E-state index < -0.39 is 5.60 Å². The molecule has 4 heterocycles. The number of anilines is 1. The second-order valence-electron chi connectivity index (χ2n) is 9.92. The van der Waals surface area contributed by atoms with Gasteiger partial charge in [0, 0.05) is 42.0 Å². The maximum absolute atomic E-state index is 13.2. The molecular formula is C26H29BrN6O3. The van der Waals surface area contributed by atoms with Gasteiger partial charge in [0.1, 0.15) is 11.4 Å². The lowest BCUT2D eigenvalue weighted by Gasteiger charge is -2.35. The zero-order valence-electron chi connectivity index (χ0n) is 20.6. The summed E-state index contributed by atoms with van der Waals surface area (Å²) in [4.78, 5) is 24.5. The Morgan fingerprint density at radius 2 is 2.00 bits per heavy atom. The van der Waals surface area contributed by atoms with Crippen molar-refractivity contribution in [1.82, 2.24) is 24.5 Å². The van der Waals surface area contributed by atoms with E-state index in [0.717, 1.165) is 34.9 Å². The number of aromatic nitrogens is 4. The van der Waals surface area contributed by atoms with E-state index in [2.05, 4.69) is 32.1 Å².